The van der Waals surface area contributed by atoms with Crippen molar-refractivity contribution in [2.75, 3.05) is 0 Å². The lowest BCUT2D eigenvalue weighted by Crippen LogP contribution is -2.25. The van der Waals surface area contributed by atoms with E-state index in [4.69, 9.17) is 10.2 Å². The van der Waals surface area contributed by atoms with E-state index in [2.05, 4.69) is 29.3 Å². The lowest BCUT2D eigenvalue weighted by atomic mass is 10.3. The molecule has 0 radical (unpaired) electrons. The van der Waals surface area contributed by atoms with E-state index in [1.54, 1.807) is 0 Å². The summed E-state index contributed by atoms with van der Waals surface area (Å²) < 4.78 is 4.91. The first kappa shape index (κ1) is 11.9. The summed E-state index contributed by atoms with van der Waals surface area (Å²) in [7, 11) is 0. The molecule has 7 nitrogen and oxygen atoms in total. The van der Waals surface area contributed by atoms with Gasteiger partial charge in [-0.3, -0.25) is 15.5 Å². The fraction of sp³-hybridized carbons (Fsp3) is 0. The molecule has 1 heterocycles. The average Bonchev–Trinajstić information content (AvgIpc) is 2.67. The van der Waals surface area contributed by atoms with E-state index >= 15 is 0 Å². The number of hydrazone groups is 1. The highest BCUT2D eigenvalue weighted by atomic mass is 32.1. The number of allylic oxidation sites excluding steroid dienone is 1. The average molecular weight is 240 g/mol. The first-order valence-corrected chi connectivity index (χ1v) is 4.45. The van der Waals surface area contributed by atoms with Gasteiger partial charge in [0.15, 0.2) is 10.9 Å². The van der Waals surface area contributed by atoms with Crippen LogP contribution in [0.4, 0.5) is 5.88 Å². The number of nitro groups is 1. The number of rotatable bonds is 4. The van der Waals surface area contributed by atoms with E-state index < -0.39 is 4.92 Å². The van der Waals surface area contributed by atoms with E-state index in [0.29, 0.717) is 0 Å². The van der Waals surface area contributed by atoms with Crippen LogP contribution < -0.4 is 11.2 Å². The number of nitrogens with two attached hydrogens (primary N) is 1. The molecule has 0 aliphatic heterocycles. The molecule has 0 atom stereocenters. The Bertz CT molecular complexity index is 466. The molecule has 0 aromatic carbocycles. The quantitative estimate of drug-likeness (QED) is 0.350. The van der Waals surface area contributed by atoms with Gasteiger partial charge in [0.25, 0.3) is 0 Å². The predicted octanol–water partition coefficient (Wildman–Crippen LogP) is 0.911. The normalized spacial score (nSPS) is 10.9. The smallest absolute Gasteiger partial charge is 0.399 e. The highest BCUT2D eigenvalue weighted by Gasteiger charge is 2.14. The number of hydrogen-bond donors (Lipinski definition) is 2. The van der Waals surface area contributed by atoms with Gasteiger partial charge in [0.2, 0.25) is 0 Å². The Kier molecular flexibility index (Phi) is 3.72. The molecular weight excluding hydrogens is 232 g/mol. The number of hydrogen-bond acceptors (Lipinski definition) is 5. The van der Waals surface area contributed by atoms with Crippen molar-refractivity contribution in [1.82, 2.24) is 5.43 Å². The zero-order valence-corrected chi connectivity index (χ0v) is 8.86. The van der Waals surface area contributed by atoms with Crippen molar-refractivity contribution in [3.05, 3.63) is 40.7 Å². The SMILES string of the molecule is C=CC(=NNC(N)=S)c1ccc([N+](=O)[O-])o1. The lowest BCUT2D eigenvalue weighted by Gasteiger charge is -1.97. The van der Waals surface area contributed by atoms with Crippen LogP contribution in [0.3, 0.4) is 0 Å². The monoisotopic (exact) mass is 240 g/mol. The highest BCUT2D eigenvalue weighted by Crippen LogP contribution is 2.16. The maximum absolute atomic E-state index is 10.4. The van der Waals surface area contributed by atoms with Crippen LogP contribution in [0.2, 0.25) is 0 Å². The molecule has 1 aromatic rings. The fourth-order valence-electron chi connectivity index (χ4n) is 0.880. The molecule has 1 rings (SSSR count). The molecule has 0 unspecified atom stereocenters. The Morgan fingerprint density at radius 1 is 1.75 bits per heavy atom. The lowest BCUT2D eigenvalue weighted by molar-refractivity contribution is -0.402. The third-order valence-electron chi connectivity index (χ3n) is 1.50. The van der Waals surface area contributed by atoms with Crippen molar-refractivity contribution in [1.29, 1.82) is 0 Å². The first-order chi connectivity index (χ1) is 7.54. The molecule has 0 fully saturated rings. The fourth-order valence-corrected chi connectivity index (χ4v) is 0.926. The van der Waals surface area contributed by atoms with Gasteiger partial charge < -0.3 is 10.2 Å². The van der Waals surface area contributed by atoms with Gasteiger partial charge in [0.1, 0.15) is 10.6 Å². The summed E-state index contributed by atoms with van der Waals surface area (Å²) in [5.74, 6) is -0.176. The van der Waals surface area contributed by atoms with Crippen LogP contribution >= 0.6 is 12.2 Å². The number of thiocarbonyl (C=S) groups is 1. The van der Waals surface area contributed by atoms with E-state index in [1.165, 1.54) is 18.2 Å². The van der Waals surface area contributed by atoms with Gasteiger partial charge in [-0.1, -0.05) is 6.58 Å². The number of nitrogens with zero attached hydrogens (tertiary/aromatic N) is 2. The number of nitrogens with one attached hydrogen (secondary N) is 1. The molecule has 8 heteroatoms. The Labute approximate surface area is 95.8 Å². The van der Waals surface area contributed by atoms with E-state index in [1.807, 2.05) is 0 Å². The van der Waals surface area contributed by atoms with Gasteiger partial charge in [-0.15, -0.1) is 0 Å². The second-order valence-corrected chi connectivity index (χ2v) is 3.01. The van der Waals surface area contributed by atoms with Crippen molar-refractivity contribution < 1.29 is 9.34 Å². The second-order valence-electron chi connectivity index (χ2n) is 2.57. The van der Waals surface area contributed by atoms with Crippen LogP contribution in [0.15, 0.2) is 34.3 Å². The molecule has 0 aliphatic rings. The maximum Gasteiger partial charge on any atom is 0.433 e. The topological polar surface area (TPSA) is 107 Å². The molecule has 0 saturated carbocycles. The van der Waals surface area contributed by atoms with Gasteiger partial charge in [0.05, 0.1) is 6.07 Å². The molecule has 0 spiro atoms. The van der Waals surface area contributed by atoms with E-state index in [0.717, 1.165) is 0 Å². The zero-order chi connectivity index (χ0) is 12.1. The van der Waals surface area contributed by atoms with Crippen LogP contribution in [0.5, 0.6) is 0 Å². The Balaban J connectivity index is 2.95. The third kappa shape index (κ3) is 2.89. The molecular formula is C8H8N4O3S. The molecule has 3 N–H and O–H groups in total. The van der Waals surface area contributed by atoms with E-state index in [9.17, 15) is 10.1 Å². The Morgan fingerprint density at radius 2 is 2.44 bits per heavy atom. The molecule has 0 amide bonds. The van der Waals surface area contributed by atoms with Crippen molar-refractivity contribution in [2.24, 2.45) is 10.8 Å². The summed E-state index contributed by atoms with van der Waals surface area (Å²) in [6, 6.07) is 2.62. The van der Waals surface area contributed by atoms with Crippen molar-refractivity contribution in [3.63, 3.8) is 0 Å². The highest BCUT2D eigenvalue weighted by molar-refractivity contribution is 7.80. The van der Waals surface area contributed by atoms with Gasteiger partial charge in [-0.05, 0) is 24.4 Å². The van der Waals surface area contributed by atoms with Crippen LogP contribution in [0.25, 0.3) is 0 Å². The predicted molar refractivity (Wildman–Crippen MR) is 62.0 cm³/mol. The van der Waals surface area contributed by atoms with Gasteiger partial charge >= 0.3 is 5.88 Å². The van der Waals surface area contributed by atoms with Crippen LogP contribution in [-0.4, -0.2) is 15.7 Å². The number of furan rings is 1. The summed E-state index contributed by atoms with van der Waals surface area (Å²) in [5, 5.41) is 14.1. The third-order valence-corrected chi connectivity index (χ3v) is 1.60. The zero-order valence-electron chi connectivity index (χ0n) is 8.04. The summed E-state index contributed by atoms with van der Waals surface area (Å²) in [6.07, 6.45) is 1.35. The molecule has 16 heavy (non-hydrogen) atoms. The minimum absolute atomic E-state index is 0.0274. The molecule has 0 saturated heterocycles. The largest absolute Gasteiger partial charge is 0.433 e. The Hall–Kier alpha value is -2.22. The molecule has 0 bridgehead atoms. The summed E-state index contributed by atoms with van der Waals surface area (Å²) in [4.78, 5) is 9.73. The van der Waals surface area contributed by atoms with Gasteiger partial charge in [-0.2, -0.15) is 5.10 Å². The van der Waals surface area contributed by atoms with Crippen molar-refractivity contribution in [2.45, 2.75) is 0 Å². The minimum atomic E-state index is -0.648. The van der Waals surface area contributed by atoms with Crippen LogP contribution in [0, 0.1) is 10.1 Å². The second kappa shape index (κ2) is 5.03. The Morgan fingerprint density at radius 3 is 2.88 bits per heavy atom. The minimum Gasteiger partial charge on any atom is -0.399 e. The summed E-state index contributed by atoms with van der Waals surface area (Å²) in [5.41, 5.74) is 7.76. The summed E-state index contributed by atoms with van der Waals surface area (Å²) in [6.45, 7) is 3.48. The molecule has 0 aliphatic carbocycles. The molecule has 84 valence electrons. The summed E-state index contributed by atoms with van der Waals surface area (Å²) >= 11 is 4.54. The van der Waals surface area contributed by atoms with Crippen molar-refractivity contribution in [3.8, 4) is 0 Å². The van der Waals surface area contributed by atoms with Crippen LogP contribution in [0.1, 0.15) is 5.76 Å². The first-order valence-electron chi connectivity index (χ1n) is 4.04. The standard InChI is InChI=1S/C8H8N4O3S/c1-2-5(10-11-8(9)16)6-3-4-7(15-6)12(13)14/h2-4H,1H2,(H3,9,11,16). The maximum atomic E-state index is 10.4. The van der Waals surface area contributed by atoms with Crippen LogP contribution in [-0.2, 0) is 0 Å². The van der Waals surface area contributed by atoms with Gasteiger partial charge in [0, 0.05) is 0 Å². The van der Waals surface area contributed by atoms with E-state index in [-0.39, 0.29) is 22.5 Å². The van der Waals surface area contributed by atoms with Gasteiger partial charge in [-0.25, -0.2) is 0 Å². The van der Waals surface area contributed by atoms with Crippen molar-refractivity contribution >= 4 is 28.9 Å². The molecule has 1 aromatic heterocycles.